The minimum absolute atomic E-state index is 0.0308. The van der Waals surface area contributed by atoms with Crippen molar-refractivity contribution in [3.8, 4) is 0 Å². The molecule has 19 heavy (non-hydrogen) atoms. The molecule has 0 aliphatic rings. The number of nitro benzene ring substituents is 1. The third-order valence-electron chi connectivity index (χ3n) is 2.55. The third-order valence-corrected chi connectivity index (χ3v) is 2.80. The smallest absolute Gasteiger partial charge is 0.273 e. The Labute approximate surface area is 115 Å². The van der Waals surface area contributed by atoms with E-state index in [4.69, 9.17) is 11.6 Å². The largest absolute Gasteiger partial charge is 0.388 e. The van der Waals surface area contributed by atoms with Gasteiger partial charge in [0, 0.05) is 41.3 Å². The average Bonchev–Trinajstić information content (AvgIpc) is 2.41. The molecule has 0 unspecified atom stereocenters. The Morgan fingerprint density at radius 2 is 1.68 bits per heavy atom. The lowest BCUT2D eigenvalue weighted by Gasteiger charge is -2.08. The zero-order valence-electron chi connectivity index (χ0n) is 10.2. The Bertz CT molecular complexity index is 599. The van der Waals surface area contributed by atoms with Gasteiger partial charge in [0.15, 0.2) is 0 Å². The first kappa shape index (κ1) is 13.2. The summed E-state index contributed by atoms with van der Waals surface area (Å²) in [6.45, 7) is 0. The van der Waals surface area contributed by atoms with Crippen LogP contribution >= 0.6 is 11.6 Å². The van der Waals surface area contributed by atoms with Gasteiger partial charge in [-0.3, -0.25) is 10.1 Å². The maximum atomic E-state index is 10.9. The van der Waals surface area contributed by atoms with Crippen LogP contribution in [-0.2, 0) is 0 Å². The second-order valence-electron chi connectivity index (χ2n) is 3.91. The van der Waals surface area contributed by atoms with Crippen LogP contribution in [0.15, 0.2) is 42.5 Å². The highest BCUT2D eigenvalue weighted by molar-refractivity contribution is 6.30. The highest BCUT2D eigenvalue weighted by atomic mass is 35.5. The summed E-state index contributed by atoms with van der Waals surface area (Å²) < 4.78 is 0. The van der Waals surface area contributed by atoms with Crippen LogP contribution in [0.2, 0.25) is 5.02 Å². The molecule has 6 heteroatoms. The van der Waals surface area contributed by atoms with Crippen molar-refractivity contribution in [2.75, 3.05) is 17.7 Å². The number of hydrogen-bond donors (Lipinski definition) is 2. The normalized spacial score (nSPS) is 10.0. The molecular weight excluding hydrogens is 266 g/mol. The Balaban J connectivity index is 2.31. The van der Waals surface area contributed by atoms with Gasteiger partial charge in [-0.15, -0.1) is 0 Å². The Morgan fingerprint density at radius 3 is 2.26 bits per heavy atom. The number of non-ortho nitro benzene ring substituents is 1. The molecule has 0 radical (unpaired) electrons. The standard InChI is InChI=1S/C13H12ClN3O2/c1-15-11-6-12(8-13(7-11)17(18)19)16-10-4-2-9(14)3-5-10/h2-8,15-16H,1H3. The maximum absolute atomic E-state index is 10.9. The summed E-state index contributed by atoms with van der Waals surface area (Å²) in [7, 11) is 1.71. The SMILES string of the molecule is CNc1cc(Nc2ccc(Cl)cc2)cc([N+](=O)[O-])c1. The summed E-state index contributed by atoms with van der Waals surface area (Å²) in [6, 6.07) is 11.9. The summed E-state index contributed by atoms with van der Waals surface area (Å²) in [5, 5.41) is 17.5. The van der Waals surface area contributed by atoms with Crippen molar-refractivity contribution >= 4 is 34.4 Å². The molecule has 0 bridgehead atoms. The zero-order valence-corrected chi connectivity index (χ0v) is 10.9. The van der Waals surface area contributed by atoms with Gasteiger partial charge in [0.2, 0.25) is 0 Å². The van der Waals surface area contributed by atoms with E-state index in [0.29, 0.717) is 16.4 Å². The predicted molar refractivity (Wildman–Crippen MR) is 77.4 cm³/mol. The quantitative estimate of drug-likeness (QED) is 0.654. The van der Waals surface area contributed by atoms with Crippen molar-refractivity contribution in [1.82, 2.24) is 0 Å². The minimum atomic E-state index is -0.423. The van der Waals surface area contributed by atoms with Gasteiger partial charge in [-0.25, -0.2) is 0 Å². The van der Waals surface area contributed by atoms with E-state index in [-0.39, 0.29) is 5.69 Å². The molecule has 0 saturated heterocycles. The fraction of sp³-hybridized carbons (Fsp3) is 0.0769. The van der Waals surface area contributed by atoms with Crippen LogP contribution in [0.25, 0.3) is 0 Å². The van der Waals surface area contributed by atoms with Gasteiger partial charge < -0.3 is 10.6 Å². The van der Waals surface area contributed by atoms with E-state index >= 15 is 0 Å². The third kappa shape index (κ3) is 3.35. The molecule has 2 N–H and O–H groups in total. The lowest BCUT2D eigenvalue weighted by atomic mass is 10.2. The molecule has 0 saturated carbocycles. The summed E-state index contributed by atoms with van der Waals surface area (Å²) in [4.78, 5) is 10.4. The first-order chi connectivity index (χ1) is 9.08. The molecule has 2 aromatic carbocycles. The summed E-state index contributed by atoms with van der Waals surface area (Å²) in [5.74, 6) is 0. The van der Waals surface area contributed by atoms with E-state index in [1.54, 1.807) is 37.4 Å². The average molecular weight is 278 g/mol. The van der Waals surface area contributed by atoms with Gasteiger partial charge >= 0.3 is 0 Å². The van der Waals surface area contributed by atoms with Crippen LogP contribution in [0.4, 0.5) is 22.7 Å². The van der Waals surface area contributed by atoms with Crippen molar-refractivity contribution in [3.05, 3.63) is 57.6 Å². The van der Waals surface area contributed by atoms with E-state index in [1.807, 2.05) is 0 Å². The monoisotopic (exact) mass is 277 g/mol. The van der Waals surface area contributed by atoms with Gasteiger partial charge in [-0.05, 0) is 30.3 Å². The van der Waals surface area contributed by atoms with Gasteiger partial charge in [-0.1, -0.05) is 11.6 Å². The van der Waals surface area contributed by atoms with E-state index < -0.39 is 4.92 Å². The molecule has 2 aromatic rings. The van der Waals surface area contributed by atoms with Gasteiger partial charge in [0.1, 0.15) is 0 Å². The summed E-state index contributed by atoms with van der Waals surface area (Å²) >= 11 is 5.80. The van der Waals surface area contributed by atoms with Crippen LogP contribution in [0, 0.1) is 10.1 Å². The van der Waals surface area contributed by atoms with E-state index in [9.17, 15) is 10.1 Å². The molecule has 0 heterocycles. The molecule has 0 aliphatic carbocycles. The topological polar surface area (TPSA) is 67.2 Å². The fourth-order valence-electron chi connectivity index (χ4n) is 1.63. The number of rotatable bonds is 4. The fourth-order valence-corrected chi connectivity index (χ4v) is 1.76. The number of hydrogen-bond acceptors (Lipinski definition) is 4. The van der Waals surface area contributed by atoms with E-state index in [0.717, 1.165) is 5.69 Å². The van der Waals surface area contributed by atoms with E-state index in [2.05, 4.69) is 10.6 Å². The van der Waals surface area contributed by atoms with Crippen LogP contribution in [0.1, 0.15) is 0 Å². The minimum Gasteiger partial charge on any atom is -0.388 e. The second-order valence-corrected chi connectivity index (χ2v) is 4.34. The highest BCUT2D eigenvalue weighted by Gasteiger charge is 2.09. The van der Waals surface area contributed by atoms with Crippen molar-refractivity contribution in [3.63, 3.8) is 0 Å². The van der Waals surface area contributed by atoms with Gasteiger partial charge in [-0.2, -0.15) is 0 Å². The number of nitrogens with zero attached hydrogens (tertiary/aromatic N) is 1. The molecule has 0 atom stereocenters. The van der Waals surface area contributed by atoms with Crippen molar-refractivity contribution in [2.24, 2.45) is 0 Å². The number of nitro groups is 1. The number of anilines is 3. The molecule has 2 rings (SSSR count). The number of benzene rings is 2. The maximum Gasteiger partial charge on any atom is 0.273 e. The molecule has 0 amide bonds. The molecular formula is C13H12ClN3O2. The Kier molecular flexibility index (Phi) is 3.87. The number of halogens is 1. The van der Waals surface area contributed by atoms with Crippen LogP contribution in [-0.4, -0.2) is 12.0 Å². The molecule has 5 nitrogen and oxygen atoms in total. The molecule has 98 valence electrons. The Morgan fingerprint density at radius 1 is 1.05 bits per heavy atom. The van der Waals surface area contributed by atoms with Crippen molar-refractivity contribution in [1.29, 1.82) is 0 Å². The van der Waals surface area contributed by atoms with Crippen molar-refractivity contribution in [2.45, 2.75) is 0 Å². The molecule has 0 fully saturated rings. The lowest BCUT2D eigenvalue weighted by molar-refractivity contribution is -0.384. The molecule has 0 spiro atoms. The lowest BCUT2D eigenvalue weighted by Crippen LogP contribution is -1.96. The summed E-state index contributed by atoms with van der Waals surface area (Å²) in [6.07, 6.45) is 0. The van der Waals surface area contributed by atoms with Gasteiger partial charge in [0.05, 0.1) is 4.92 Å². The molecule has 0 aliphatic heterocycles. The first-order valence-corrected chi connectivity index (χ1v) is 5.96. The second kappa shape index (κ2) is 5.58. The van der Waals surface area contributed by atoms with Crippen LogP contribution < -0.4 is 10.6 Å². The Hall–Kier alpha value is -2.27. The first-order valence-electron chi connectivity index (χ1n) is 5.58. The highest BCUT2D eigenvalue weighted by Crippen LogP contribution is 2.27. The predicted octanol–water partition coefficient (Wildman–Crippen LogP) is 4.03. The van der Waals surface area contributed by atoms with Crippen molar-refractivity contribution < 1.29 is 4.92 Å². The summed E-state index contributed by atoms with van der Waals surface area (Å²) in [5.41, 5.74) is 2.15. The van der Waals surface area contributed by atoms with Crippen LogP contribution in [0.3, 0.4) is 0 Å². The zero-order chi connectivity index (χ0) is 13.8. The van der Waals surface area contributed by atoms with Gasteiger partial charge in [0.25, 0.3) is 5.69 Å². The number of nitrogens with one attached hydrogen (secondary N) is 2. The van der Waals surface area contributed by atoms with E-state index in [1.165, 1.54) is 12.1 Å². The van der Waals surface area contributed by atoms with Crippen LogP contribution in [0.5, 0.6) is 0 Å². The molecule has 0 aromatic heterocycles.